The number of fused-ring (bicyclic) bond motifs is 1. The monoisotopic (exact) mass is 427 g/mol. The van der Waals surface area contributed by atoms with Crippen LogP contribution in [0, 0.1) is 10.1 Å². The number of hydrogen-bond acceptors (Lipinski definition) is 4. The predicted octanol–water partition coefficient (Wildman–Crippen LogP) is 6.05. The van der Waals surface area contributed by atoms with E-state index in [0.717, 1.165) is 12.1 Å². The molecule has 1 heterocycles. The van der Waals surface area contributed by atoms with Gasteiger partial charge in [-0.1, -0.05) is 42.5 Å². The van der Waals surface area contributed by atoms with Crippen LogP contribution in [0.4, 0.5) is 18.9 Å². The lowest BCUT2D eigenvalue weighted by molar-refractivity contribution is -0.384. The Balaban J connectivity index is 1.93. The zero-order valence-corrected chi connectivity index (χ0v) is 16.2. The highest BCUT2D eigenvalue weighted by atomic mass is 19.4. The van der Waals surface area contributed by atoms with E-state index in [9.17, 15) is 23.3 Å². The third-order valence-electron chi connectivity index (χ3n) is 5.08. The molecular formula is C23H16F3NO4. The number of nitro benzene ring substituents is 1. The van der Waals surface area contributed by atoms with Gasteiger partial charge in [0.05, 0.1) is 10.5 Å². The van der Waals surface area contributed by atoms with Gasteiger partial charge in [0.25, 0.3) is 11.5 Å². The summed E-state index contributed by atoms with van der Waals surface area (Å²) in [5.41, 5.74) is 0.974. The van der Waals surface area contributed by atoms with Gasteiger partial charge in [-0.05, 0) is 29.8 Å². The van der Waals surface area contributed by atoms with Crippen molar-refractivity contribution in [2.24, 2.45) is 0 Å². The second-order valence-electron chi connectivity index (χ2n) is 6.90. The Morgan fingerprint density at radius 3 is 2.26 bits per heavy atom. The maximum atomic E-state index is 13.0. The second kappa shape index (κ2) is 7.55. The van der Waals surface area contributed by atoms with E-state index in [1.54, 1.807) is 30.3 Å². The van der Waals surface area contributed by atoms with Gasteiger partial charge in [-0.2, -0.15) is 13.2 Å². The molecule has 1 aliphatic heterocycles. The van der Waals surface area contributed by atoms with Crippen molar-refractivity contribution in [1.29, 1.82) is 0 Å². The third-order valence-corrected chi connectivity index (χ3v) is 5.08. The minimum atomic E-state index is -4.47. The SMILES string of the molecule is COC1(c2ccccc2)Oc2ccc([N+](=O)[O-])cc2C=C1c1ccc(C(F)(F)F)cc1. The number of methoxy groups -OCH3 is 1. The number of ether oxygens (including phenoxy) is 2. The zero-order chi connectivity index (χ0) is 22.2. The third kappa shape index (κ3) is 3.66. The fourth-order valence-corrected chi connectivity index (χ4v) is 3.57. The fraction of sp³-hybridized carbons (Fsp3) is 0.130. The van der Waals surface area contributed by atoms with E-state index in [-0.39, 0.29) is 5.69 Å². The molecule has 0 bridgehead atoms. The summed E-state index contributed by atoms with van der Waals surface area (Å²) in [6.07, 6.45) is -2.83. The molecule has 158 valence electrons. The first-order valence-corrected chi connectivity index (χ1v) is 9.22. The molecule has 0 spiro atoms. The number of hydrogen-bond donors (Lipinski definition) is 0. The van der Waals surface area contributed by atoms with Crippen molar-refractivity contribution >= 4 is 17.3 Å². The van der Waals surface area contributed by atoms with Crippen LogP contribution in [-0.2, 0) is 16.7 Å². The van der Waals surface area contributed by atoms with Crippen LogP contribution in [0.2, 0.25) is 0 Å². The zero-order valence-electron chi connectivity index (χ0n) is 16.2. The van der Waals surface area contributed by atoms with Gasteiger partial charge in [-0.15, -0.1) is 0 Å². The van der Waals surface area contributed by atoms with Gasteiger partial charge in [0.15, 0.2) is 0 Å². The van der Waals surface area contributed by atoms with Gasteiger partial charge in [-0.3, -0.25) is 10.1 Å². The van der Waals surface area contributed by atoms with Crippen molar-refractivity contribution in [2.75, 3.05) is 7.11 Å². The first kappa shape index (κ1) is 20.6. The summed E-state index contributed by atoms with van der Waals surface area (Å²) in [6, 6.07) is 17.7. The Morgan fingerprint density at radius 2 is 1.68 bits per heavy atom. The Hall–Kier alpha value is -3.65. The van der Waals surface area contributed by atoms with Crippen LogP contribution in [0.3, 0.4) is 0 Å². The standard InChI is InChI=1S/C23H16F3NO4/c1-30-22(17-5-3-2-4-6-17)20(15-7-9-18(10-8-15)23(24,25)26)14-16-13-19(27(28)29)11-12-21(16)31-22/h2-14H,1H3. The maximum absolute atomic E-state index is 13.0. The van der Waals surface area contributed by atoms with E-state index in [1.165, 1.54) is 37.4 Å². The Morgan fingerprint density at radius 1 is 1.00 bits per heavy atom. The summed E-state index contributed by atoms with van der Waals surface area (Å²) in [5.74, 6) is -1.10. The van der Waals surface area contributed by atoms with E-state index in [4.69, 9.17) is 9.47 Å². The topological polar surface area (TPSA) is 61.6 Å². The van der Waals surface area contributed by atoms with Crippen molar-refractivity contribution in [3.63, 3.8) is 0 Å². The molecule has 5 nitrogen and oxygen atoms in total. The molecule has 0 aliphatic carbocycles. The van der Waals surface area contributed by atoms with Crippen LogP contribution >= 0.6 is 0 Å². The molecule has 1 unspecified atom stereocenters. The van der Waals surface area contributed by atoms with Gasteiger partial charge in [-0.25, -0.2) is 0 Å². The van der Waals surface area contributed by atoms with Gasteiger partial charge >= 0.3 is 6.18 Å². The number of non-ortho nitro benzene ring substituents is 1. The fourth-order valence-electron chi connectivity index (χ4n) is 3.57. The number of benzene rings is 3. The van der Waals surface area contributed by atoms with Crippen LogP contribution < -0.4 is 4.74 Å². The molecule has 0 aromatic heterocycles. The lowest BCUT2D eigenvalue weighted by atomic mass is 9.87. The summed E-state index contributed by atoms with van der Waals surface area (Å²) >= 11 is 0. The van der Waals surface area contributed by atoms with E-state index < -0.39 is 22.5 Å². The minimum absolute atomic E-state index is 0.130. The van der Waals surface area contributed by atoms with E-state index in [1.807, 2.05) is 6.07 Å². The molecule has 0 fully saturated rings. The number of nitro groups is 1. The number of alkyl halides is 3. The predicted molar refractivity (Wildman–Crippen MR) is 108 cm³/mol. The maximum Gasteiger partial charge on any atom is 0.416 e. The number of rotatable bonds is 4. The van der Waals surface area contributed by atoms with Gasteiger partial charge < -0.3 is 9.47 Å². The van der Waals surface area contributed by atoms with Crippen LogP contribution in [-0.4, -0.2) is 12.0 Å². The number of nitrogens with zero attached hydrogens (tertiary/aromatic N) is 1. The van der Waals surface area contributed by atoms with Crippen molar-refractivity contribution < 1.29 is 27.6 Å². The highest BCUT2D eigenvalue weighted by molar-refractivity contribution is 5.90. The van der Waals surface area contributed by atoms with Crippen LogP contribution in [0.15, 0.2) is 72.8 Å². The molecular weight excluding hydrogens is 411 g/mol. The van der Waals surface area contributed by atoms with E-state index in [0.29, 0.717) is 28.0 Å². The Bertz CT molecular complexity index is 1160. The lowest BCUT2D eigenvalue weighted by Gasteiger charge is -2.39. The summed E-state index contributed by atoms with van der Waals surface area (Å²) < 4.78 is 51.1. The van der Waals surface area contributed by atoms with E-state index >= 15 is 0 Å². The van der Waals surface area contributed by atoms with Crippen LogP contribution in [0.1, 0.15) is 22.3 Å². The lowest BCUT2D eigenvalue weighted by Crippen LogP contribution is -2.38. The highest BCUT2D eigenvalue weighted by Crippen LogP contribution is 2.48. The molecule has 0 radical (unpaired) electrons. The quantitative estimate of drug-likeness (QED) is 0.376. The van der Waals surface area contributed by atoms with Crippen molar-refractivity contribution in [2.45, 2.75) is 12.0 Å². The molecule has 1 atom stereocenters. The molecule has 8 heteroatoms. The van der Waals surface area contributed by atoms with E-state index in [2.05, 4.69) is 0 Å². The van der Waals surface area contributed by atoms with Gasteiger partial charge in [0.2, 0.25) is 0 Å². The molecule has 0 saturated carbocycles. The Labute approximate surface area is 175 Å². The first-order valence-electron chi connectivity index (χ1n) is 9.22. The summed E-state index contributed by atoms with van der Waals surface area (Å²) in [7, 11) is 1.43. The molecule has 31 heavy (non-hydrogen) atoms. The average molecular weight is 427 g/mol. The van der Waals surface area contributed by atoms with Gasteiger partial charge in [0.1, 0.15) is 5.75 Å². The smallest absolute Gasteiger partial charge is 0.416 e. The molecule has 0 amide bonds. The molecule has 3 aromatic rings. The molecule has 1 aliphatic rings. The Kier molecular flexibility index (Phi) is 5.02. The van der Waals surface area contributed by atoms with Crippen LogP contribution in [0.25, 0.3) is 11.6 Å². The molecule has 4 rings (SSSR count). The first-order chi connectivity index (χ1) is 14.7. The summed E-state index contributed by atoms with van der Waals surface area (Å²) in [6.45, 7) is 0. The summed E-state index contributed by atoms with van der Waals surface area (Å²) in [5, 5.41) is 11.2. The normalized spacial score (nSPS) is 18.0. The van der Waals surface area contributed by atoms with Crippen molar-refractivity contribution in [1.82, 2.24) is 0 Å². The van der Waals surface area contributed by atoms with Crippen molar-refractivity contribution in [3.05, 3.63) is 105 Å². The molecule has 0 N–H and O–H groups in total. The second-order valence-corrected chi connectivity index (χ2v) is 6.90. The summed E-state index contributed by atoms with van der Waals surface area (Å²) in [4.78, 5) is 10.7. The van der Waals surface area contributed by atoms with Crippen LogP contribution in [0.5, 0.6) is 5.75 Å². The highest BCUT2D eigenvalue weighted by Gasteiger charge is 2.43. The van der Waals surface area contributed by atoms with Gasteiger partial charge in [0, 0.05) is 35.9 Å². The molecule has 3 aromatic carbocycles. The van der Waals surface area contributed by atoms with Crippen molar-refractivity contribution in [3.8, 4) is 5.75 Å². The average Bonchev–Trinajstić information content (AvgIpc) is 2.77. The number of halogens is 3. The largest absolute Gasteiger partial charge is 0.453 e. The molecule has 0 saturated heterocycles. The minimum Gasteiger partial charge on any atom is -0.453 e.